The van der Waals surface area contributed by atoms with Gasteiger partial charge in [0.1, 0.15) is 11.7 Å². The van der Waals surface area contributed by atoms with Crippen LogP contribution >= 0.6 is 0 Å². The molecule has 10 heteroatoms. The van der Waals surface area contributed by atoms with Crippen molar-refractivity contribution in [1.29, 1.82) is 0 Å². The lowest BCUT2D eigenvalue weighted by Gasteiger charge is -2.23. The Balaban J connectivity index is 2.62. The fraction of sp³-hybridized carbons (Fsp3) is 0.133. The van der Waals surface area contributed by atoms with Crippen LogP contribution in [0.25, 0.3) is 0 Å². The smallest absolute Gasteiger partial charge is 0.328 e. The number of anilines is 1. The van der Waals surface area contributed by atoms with Crippen molar-refractivity contribution in [1.82, 2.24) is 0 Å². The van der Waals surface area contributed by atoms with E-state index in [1.54, 1.807) is 18.2 Å². The topological polar surface area (TPSA) is 65.3 Å². The summed E-state index contributed by atoms with van der Waals surface area (Å²) in [6.45, 7) is 0.949. The van der Waals surface area contributed by atoms with Crippen LogP contribution in [-0.2, 0) is 4.79 Å². The van der Waals surface area contributed by atoms with E-state index in [0.29, 0.717) is 0 Å². The summed E-state index contributed by atoms with van der Waals surface area (Å²) < 4.78 is 67.8. The molecule has 0 unspecified atom stereocenters. The van der Waals surface area contributed by atoms with Gasteiger partial charge in [0, 0.05) is 0 Å². The number of aliphatic carboxylic acids is 1. The fourth-order valence-corrected chi connectivity index (χ4v) is 1.81. The number of carboxylic acids is 1. The number of carbonyl (C=O) groups is 1. The molecule has 2 rings (SSSR count). The molecule has 0 bridgehead atoms. The Morgan fingerprint density at radius 2 is 1.44 bits per heavy atom. The monoisotopic (exact) mass is 359 g/mol. The number of halogens is 5. The molecule has 0 saturated heterocycles. The maximum Gasteiger partial charge on any atom is 0.328 e. The van der Waals surface area contributed by atoms with Crippen molar-refractivity contribution < 1.29 is 31.9 Å². The fourth-order valence-electron chi connectivity index (χ4n) is 1.81. The number of hydrogen-bond donors (Lipinski definition) is 1. The Morgan fingerprint density at radius 1 is 0.960 bits per heavy atom. The van der Waals surface area contributed by atoms with Crippen molar-refractivity contribution in [3.63, 3.8) is 0 Å². The van der Waals surface area contributed by atoms with Crippen LogP contribution in [0.2, 0.25) is 0 Å². The molecule has 0 radical (unpaired) electrons. The average molecular weight is 359 g/mol. The maximum absolute atomic E-state index is 13.9. The van der Waals surface area contributed by atoms with E-state index >= 15 is 0 Å². The third-order valence-corrected chi connectivity index (χ3v) is 3.15. The zero-order valence-corrected chi connectivity index (χ0v) is 12.6. The number of benzene rings is 2. The number of rotatable bonds is 5. The predicted molar refractivity (Wildman–Crippen MR) is 76.8 cm³/mol. The molecule has 1 atom stereocenters. The van der Waals surface area contributed by atoms with Gasteiger partial charge in [-0.1, -0.05) is 23.4 Å². The van der Waals surface area contributed by atoms with Crippen molar-refractivity contribution in [3.8, 4) is 0 Å². The van der Waals surface area contributed by atoms with Gasteiger partial charge >= 0.3 is 5.97 Å². The standard InChI is InChI=1S/C15H10F5N3O2/c1-7(15(24)25)23(22-21-8-5-3-2-4-6-8)14-12(19)10(17)9(16)11(18)13(14)20/h2-7H,1H3,(H,24,25)/t7-/m0/s1. The van der Waals surface area contributed by atoms with E-state index in [9.17, 15) is 26.7 Å². The predicted octanol–water partition coefficient (Wildman–Crippen LogP) is 4.36. The molecule has 0 spiro atoms. The molecule has 25 heavy (non-hydrogen) atoms. The van der Waals surface area contributed by atoms with Crippen LogP contribution in [0.5, 0.6) is 0 Å². The van der Waals surface area contributed by atoms with Crippen LogP contribution in [0.1, 0.15) is 6.92 Å². The van der Waals surface area contributed by atoms with Gasteiger partial charge in [0.2, 0.25) is 5.82 Å². The summed E-state index contributed by atoms with van der Waals surface area (Å²) in [6.07, 6.45) is 0. The first kappa shape index (κ1) is 18.3. The molecule has 0 aliphatic heterocycles. The normalized spacial score (nSPS) is 12.4. The minimum atomic E-state index is -2.36. The first-order valence-corrected chi connectivity index (χ1v) is 6.75. The summed E-state index contributed by atoms with van der Waals surface area (Å²) in [6, 6.07) is 5.86. The molecule has 1 N–H and O–H groups in total. The second kappa shape index (κ2) is 7.24. The van der Waals surface area contributed by atoms with E-state index in [0.717, 1.165) is 6.92 Å². The third kappa shape index (κ3) is 3.57. The van der Waals surface area contributed by atoms with Crippen molar-refractivity contribution in [2.75, 3.05) is 5.01 Å². The van der Waals surface area contributed by atoms with Gasteiger partial charge < -0.3 is 5.11 Å². The van der Waals surface area contributed by atoms with Gasteiger partial charge in [-0.05, 0) is 19.1 Å². The highest BCUT2D eigenvalue weighted by molar-refractivity contribution is 5.77. The molecule has 0 aliphatic rings. The van der Waals surface area contributed by atoms with Crippen LogP contribution in [0.4, 0.5) is 33.3 Å². The van der Waals surface area contributed by atoms with Crippen LogP contribution < -0.4 is 5.01 Å². The summed E-state index contributed by atoms with van der Waals surface area (Å²) in [5, 5.41) is 16.1. The second-order valence-corrected chi connectivity index (χ2v) is 4.80. The first-order chi connectivity index (χ1) is 11.8. The van der Waals surface area contributed by atoms with Gasteiger partial charge in [-0.3, -0.25) is 0 Å². The summed E-state index contributed by atoms with van der Waals surface area (Å²) in [7, 11) is 0. The zero-order chi connectivity index (χ0) is 18.7. The third-order valence-electron chi connectivity index (χ3n) is 3.15. The zero-order valence-electron chi connectivity index (χ0n) is 12.6. The Bertz CT molecular complexity index is 801. The Hall–Kier alpha value is -3.04. The summed E-state index contributed by atoms with van der Waals surface area (Å²) >= 11 is 0. The highest BCUT2D eigenvalue weighted by Crippen LogP contribution is 2.32. The summed E-state index contributed by atoms with van der Waals surface area (Å²) in [4.78, 5) is 11.1. The Labute approximate surface area is 138 Å². The molecule has 0 saturated carbocycles. The lowest BCUT2D eigenvalue weighted by molar-refractivity contribution is -0.138. The van der Waals surface area contributed by atoms with Gasteiger partial charge in [0.15, 0.2) is 23.3 Å². The molecule has 0 heterocycles. The molecule has 0 aliphatic carbocycles. The molecule has 0 fully saturated rings. The Kier molecular flexibility index (Phi) is 5.30. The van der Waals surface area contributed by atoms with Crippen LogP contribution in [0, 0.1) is 29.1 Å². The summed E-state index contributed by atoms with van der Waals surface area (Å²) in [5.74, 6) is -12.8. The number of hydrogen-bond acceptors (Lipinski definition) is 3. The highest BCUT2D eigenvalue weighted by Gasteiger charge is 2.33. The van der Waals surface area contributed by atoms with Crippen molar-refractivity contribution >= 4 is 17.3 Å². The van der Waals surface area contributed by atoms with E-state index in [2.05, 4.69) is 10.3 Å². The second-order valence-electron chi connectivity index (χ2n) is 4.80. The Morgan fingerprint density at radius 3 is 1.92 bits per heavy atom. The molecule has 0 amide bonds. The van der Waals surface area contributed by atoms with Crippen molar-refractivity contribution in [3.05, 3.63) is 59.4 Å². The van der Waals surface area contributed by atoms with Gasteiger partial charge in [-0.15, -0.1) is 5.11 Å². The van der Waals surface area contributed by atoms with Gasteiger partial charge in [0.25, 0.3) is 0 Å². The molecule has 0 aromatic heterocycles. The quantitative estimate of drug-likeness (QED) is 0.284. The minimum Gasteiger partial charge on any atom is -0.480 e. The van der Waals surface area contributed by atoms with E-state index in [4.69, 9.17) is 5.11 Å². The van der Waals surface area contributed by atoms with E-state index in [1.807, 2.05) is 0 Å². The van der Waals surface area contributed by atoms with Crippen molar-refractivity contribution in [2.24, 2.45) is 10.3 Å². The van der Waals surface area contributed by atoms with E-state index in [-0.39, 0.29) is 10.7 Å². The molecular formula is C15H10F5N3O2. The van der Waals surface area contributed by atoms with E-state index < -0.39 is 46.8 Å². The minimum absolute atomic E-state index is 0.117. The average Bonchev–Trinajstić information content (AvgIpc) is 2.61. The van der Waals surface area contributed by atoms with Gasteiger partial charge in [0.05, 0.1) is 5.69 Å². The molecule has 2 aromatic carbocycles. The van der Waals surface area contributed by atoms with Crippen LogP contribution in [-0.4, -0.2) is 17.1 Å². The highest BCUT2D eigenvalue weighted by atomic mass is 19.2. The molecule has 5 nitrogen and oxygen atoms in total. The first-order valence-electron chi connectivity index (χ1n) is 6.75. The van der Waals surface area contributed by atoms with Gasteiger partial charge in [-0.25, -0.2) is 31.8 Å². The lowest BCUT2D eigenvalue weighted by atomic mass is 10.2. The SMILES string of the molecule is C[C@@H](C(=O)O)N(N=Nc1ccccc1)c1c(F)c(F)c(F)c(F)c1F. The van der Waals surface area contributed by atoms with Crippen LogP contribution in [0.3, 0.4) is 0 Å². The number of nitrogens with zero attached hydrogens (tertiary/aromatic N) is 3. The van der Waals surface area contributed by atoms with E-state index in [1.165, 1.54) is 12.1 Å². The maximum atomic E-state index is 13.9. The molecular weight excluding hydrogens is 349 g/mol. The lowest BCUT2D eigenvalue weighted by Crippen LogP contribution is -2.36. The van der Waals surface area contributed by atoms with Gasteiger partial charge in [-0.2, -0.15) is 0 Å². The molecule has 132 valence electrons. The largest absolute Gasteiger partial charge is 0.480 e. The summed E-state index contributed by atoms with van der Waals surface area (Å²) in [5.41, 5.74) is -1.33. The van der Waals surface area contributed by atoms with Crippen molar-refractivity contribution in [2.45, 2.75) is 13.0 Å². The molecule has 2 aromatic rings. The van der Waals surface area contributed by atoms with Crippen LogP contribution in [0.15, 0.2) is 40.7 Å². The number of carboxylic acid groups (broad SMARTS) is 1.